The first-order chi connectivity index (χ1) is 4.31. The third kappa shape index (κ3) is 5.15. The second-order valence-electron chi connectivity index (χ2n) is 2.01. The molecule has 0 aliphatic rings. The monoisotopic (exact) mass is 125 g/mol. The van der Waals surface area contributed by atoms with E-state index < -0.39 is 0 Å². The third-order valence-electron chi connectivity index (χ3n) is 1.10. The summed E-state index contributed by atoms with van der Waals surface area (Å²) in [6, 6.07) is 0. The van der Waals surface area contributed by atoms with Gasteiger partial charge >= 0.3 is 0 Å². The van der Waals surface area contributed by atoms with Crippen LogP contribution in [0, 0.1) is 0 Å². The van der Waals surface area contributed by atoms with Crippen LogP contribution in [0.1, 0.15) is 26.2 Å². The van der Waals surface area contributed by atoms with Gasteiger partial charge in [0.15, 0.2) is 0 Å². The van der Waals surface area contributed by atoms with Gasteiger partial charge in [0.1, 0.15) is 0 Å². The summed E-state index contributed by atoms with van der Waals surface area (Å²) in [5, 5.41) is 0. The molecule has 1 heteroatoms. The third-order valence-corrected chi connectivity index (χ3v) is 1.10. The maximum Gasteiger partial charge on any atom is 0.00429 e. The molecule has 0 saturated carbocycles. The minimum atomic E-state index is 0.956. The van der Waals surface area contributed by atoms with Gasteiger partial charge < -0.3 is 5.73 Å². The van der Waals surface area contributed by atoms with Crippen molar-refractivity contribution in [1.29, 1.82) is 0 Å². The molecule has 9 heavy (non-hydrogen) atoms. The summed E-state index contributed by atoms with van der Waals surface area (Å²) in [4.78, 5) is 0. The minimum absolute atomic E-state index is 0.956. The maximum atomic E-state index is 5.58. The van der Waals surface area contributed by atoms with Crippen molar-refractivity contribution in [3.05, 3.63) is 24.4 Å². The van der Waals surface area contributed by atoms with Crippen LogP contribution in [-0.2, 0) is 0 Å². The number of hydrogen-bond acceptors (Lipinski definition) is 1. The van der Waals surface area contributed by atoms with Crippen LogP contribution in [0.3, 0.4) is 0 Å². The summed E-state index contributed by atoms with van der Waals surface area (Å²) in [6.45, 7) is 5.69. The Bertz CT molecular complexity index is 103. The molecule has 0 aromatic heterocycles. The average Bonchev–Trinajstić information content (AvgIpc) is 1.85. The highest BCUT2D eigenvalue weighted by Crippen LogP contribution is 1.98. The van der Waals surface area contributed by atoms with E-state index in [1.54, 1.807) is 0 Å². The van der Waals surface area contributed by atoms with Crippen LogP contribution >= 0.6 is 0 Å². The van der Waals surface area contributed by atoms with E-state index in [9.17, 15) is 0 Å². The first-order valence-corrected chi connectivity index (χ1v) is 3.36. The Morgan fingerprint density at radius 1 is 1.67 bits per heavy atom. The van der Waals surface area contributed by atoms with E-state index in [0.717, 1.165) is 25.0 Å². The molecule has 0 aliphatic carbocycles. The Balaban J connectivity index is 3.36. The summed E-state index contributed by atoms with van der Waals surface area (Å²) in [5.41, 5.74) is 6.57. The van der Waals surface area contributed by atoms with E-state index in [1.165, 1.54) is 0 Å². The number of hydrogen-bond donors (Lipinski definition) is 1. The predicted molar refractivity (Wildman–Crippen MR) is 42.0 cm³/mol. The molecule has 0 heterocycles. The lowest BCUT2D eigenvalue weighted by Crippen LogP contribution is -1.95. The molecule has 0 fully saturated rings. The van der Waals surface area contributed by atoms with Crippen LogP contribution in [0.15, 0.2) is 24.4 Å². The summed E-state index contributed by atoms with van der Waals surface area (Å²) >= 11 is 0. The lowest BCUT2D eigenvalue weighted by atomic mass is 10.2. The minimum Gasteiger partial charge on any atom is -0.402 e. The topological polar surface area (TPSA) is 26.0 Å². The fourth-order valence-corrected chi connectivity index (χ4v) is 0.633. The van der Waals surface area contributed by atoms with Gasteiger partial charge in [0.05, 0.1) is 0 Å². The Kier molecular flexibility index (Phi) is 4.98. The van der Waals surface area contributed by atoms with Crippen LogP contribution in [0.2, 0.25) is 0 Å². The van der Waals surface area contributed by atoms with Crippen molar-refractivity contribution >= 4 is 0 Å². The molecule has 0 aromatic carbocycles. The molecule has 1 nitrogen and oxygen atoms in total. The van der Waals surface area contributed by atoms with Gasteiger partial charge in [-0.1, -0.05) is 19.1 Å². The molecule has 0 unspecified atom stereocenters. The van der Waals surface area contributed by atoms with Crippen molar-refractivity contribution in [3.8, 4) is 0 Å². The standard InChI is InChI=1S/C8H15N/c1-3-5-7-8(9)6-4-2/h3,6H,1,4-5,7,9H2,2H3/b8-6+. The van der Waals surface area contributed by atoms with Gasteiger partial charge in [0.25, 0.3) is 0 Å². The summed E-state index contributed by atoms with van der Waals surface area (Å²) < 4.78 is 0. The predicted octanol–water partition coefficient (Wildman–Crippen LogP) is 2.21. The highest BCUT2D eigenvalue weighted by molar-refractivity contribution is 4.96. The summed E-state index contributed by atoms with van der Waals surface area (Å²) in [5.74, 6) is 0. The highest BCUT2D eigenvalue weighted by atomic mass is 14.6. The van der Waals surface area contributed by atoms with E-state index in [0.29, 0.717) is 0 Å². The molecule has 0 saturated heterocycles. The van der Waals surface area contributed by atoms with Gasteiger partial charge in [-0.2, -0.15) is 0 Å². The van der Waals surface area contributed by atoms with Crippen molar-refractivity contribution < 1.29 is 0 Å². The SMILES string of the molecule is C=CCC/C(N)=C\CC. The average molecular weight is 125 g/mol. The molecule has 0 atom stereocenters. The van der Waals surface area contributed by atoms with Gasteiger partial charge in [0, 0.05) is 5.70 Å². The molecule has 0 spiro atoms. The molecule has 0 amide bonds. The molecular formula is C8H15N. The number of nitrogens with two attached hydrogens (primary N) is 1. The van der Waals surface area contributed by atoms with Crippen LogP contribution in [0.5, 0.6) is 0 Å². The second-order valence-corrected chi connectivity index (χ2v) is 2.01. The van der Waals surface area contributed by atoms with Crippen molar-refractivity contribution in [2.24, 2.45) is 5.73 Å². The van der Waals surface area contributed by atoms with E-state index in [1.807, 2.05) is 12.2 Å². The molecule has 0 rings (SSSR count). The lowest BCUT2D eigenvalue weighted by Gasteiger charge is -1.94. The maximum absolute atomic E-state index is 5.58. The Labute approximate surface area is 57.3 Å². The van der Waals surface area contributed by atoms with Crippen molar-refractivity contribution in [3.63, 3.8) is 0 Å². The van der Waals surface area contributed by atoms with Crippen LogP contribution < -0.4 is 5.73 Å². The van der Waals surface area contributed by atoms with Gasteiger partial charge in [-0.15, -0.1) is 6.58 Å². The molecule has 52 valence electrons. The Hall–Kier alpha value is -0.720. The van der Waals surface area contributed by atoms with Crippen LogP contribution in [-0.4, -0.2) is 0 Å². The van der Waals surface area contributed by atoms with Crippen molar-refractivity contribution in [2.45, 2.75) is 26.2 Å². The quantitative estimate of drug-likeness (QED) is 0.573. The largest absolute Gasteiger partial charge is 0.402 e. The summed E-state index contributed by atoms with van der Waals surface area (Å²) in [7, 11) is 0. The molecule has 0 aliphatic heterocycles. The van der Waals surface area contributed by atoms with E-state index in [2.05, 4.69) is 13.5 Å². The lowest BCUT2D eigenvalue weighted by molar-refractivity contribution is 0.945. The summed E-state index contributed by atoms with van der Waals surface area (Å²) in [6.07, 6.45) is 6.91. The van der Waals surface area contributed by atoms with Gasteiger partial charge in [0.2, 0.25) is 0 Å². The van der Waals surface area contributed by atoms with Crippen molar-refractivity contribution in [2.75, 3.05) is 0 Å². The van der Waals surface area contributed by atoms with Gasteiger partial charge in [-0.25, -0.2) is 0 Å². The zero-order valence-corrected chi connectivity index (χ0v) is 6.06. The first-order valence-electron chi connectivity index (χ1n) is 3.36. The van der Waals surface area contributed by atoms with Crippen LogP contribution in [0.4, 0.5) is 0 Å². The Morgan fingerprint density at radius 2 is 2.33 bits per heavy atom. The number of rotatable bonds is 4. The van der Waals surface area contributed by atoms with Crippen molar-refractivity contribution in [1.82, 2.24) is 0 Å². The highest BCUT2D eigenvalue weighted by Gasteiger charge is 1.84. The normalized spacial score (nSPS) is 11.4. The molecule has 0 radical (unpaired) electrons. The molecular weight excluding hydrogens is 110 g/mol. The number of allylic oxidation sites excluding steroid dienone is 3. The molecule has 2 N–H and O–H groups in total. The first kappa shape index (κ1) is 8.28. The van der Waals surface area contributed by atoms with Crippen LogP contribution in [0.25, 0.3) is 0 Å². The Morgan fingerprint density at radius 3 is 2.78 bits per heavy atom. The fourth-order valence-electron chi connectivity index (χ4n) is 0.633. The second kappa shape index (κ2) is 5.42. The molecule has 0 aromatic rings. The van der Waals surface area contributed by atoms with Gasteiger partial charge in [-0.05, 0) is 19.3 Å². The smallest absolute Gasteiger partial charge is 0.00429 e. The van der Waals surface area contributed by atoms with E-state index in [-0.39, 0.29) is 0 Å². The van der Waals surface area contributed by atoms with E-state index >= 15 is 0 Å². The van der Waals surface area contributed by atoms with E-state index in [4.69, 9.17) is 5.73 Å². The zero-order valence-electron chi connectivity index (χ0n) is 6.06. The molecule has 0 bridgehead atoms. The van der Waals surface area contributed by atoms with Gasteiger partial charge in [-0.3, -0.25) is 0 Å². The fraction of sp³-hybridized carbons (Fsp3) is 0.500. The zero-order chi connectivity index (χ0) is 7.11.